The molecule has 34 heavy (non-hydrogen) atoms. The third-order valence-corrected chi connectivity index (χ3v) is 8.16. The molecule has 0 aromatic heterocycles. The molecule has 184 valence electrons. The zero-order valence-electron chi connectivity index (χ0n) is 18.9. The minimum absolute atomic E-state index is 0.108. The highest BCUT2D eigenvalue weighted by Crippen LogP contribution is 2.26. The highest BCUT2D eigenvalue weighted by Gasteiger charge is 2.32. The molecule has 3 rings (SSSR count). The predicted octanol–water partition coefficient (Wildman–Crippen LogP) is 5.13. The summed E-state index contributed by atoms with van der Waals surface area (Å²) in [6.45, 7) is 2.86. The van der Waals surface area contributed by atoms with Gasteiger partial charge >= 0.3 is 5.97 Å². The Balaban J connectivity index is 1.58. The van der Waals surface area contributed by atoms with Gasteiger partial charge in [0.2, 0.25) is 15.9 Å². The molecule has 2 aromatic carbocycles. The maximum atomic E-state index is 12.9. The highest BCUT2D eigenvalue weighted by atomic mass is 35.5. The molecule has 7 nitrogen and oxygen atoms in total. The summed E-state index contributed by atoms with van der Waals surface area (Å²) in [5.74, 6) is -1.35. The average Bonchev–Trinajstić information content (AvgIpc) is 2.82. The van der Waals surface area contributed by atoms with Crippen molar-refractivity contribution in [1.82, 2.24) is 4.31 Å². The Kier molecular flexibility index (Phi) is 9.36. The Labute approximate surface area is 210 Å². The predicted molar refractivity (Wildman–Crippen MR) is 134 cm³/mol. The van der Waals surface area contributed by atoms with Gasteiger partial charge in [0.1, 0.15) is 0 Å². The summed E-state index contributed by atoms with van der Waals surface area (Å²) in [4.78, 5) is 24.8. The van der Waals surface area contributed by atoms with Gasteiger partial charge in [0.05, 0.1) is 33.9 Å². The molecule has 0 spiro atoms. The van der Waals surface area contributed by atoms with Crippen molar-refractivity contribution in [1.29, 1.82) is 0 Å². The quantitative estimate of drug-likeness (QED) is 0.361. The molecule has 0 radical (unpaired) electrons. The number of piperidine rings is 1. The number of unbranched alkanes of at least 4 members (excludes halogenated alkanes) is 1. The van der Waals surface area contributed by atoms with Gasteiger partial charge in [-0.1, -0.05) is 42.6 Å². The van der Waals surface area contributed by atoms with Crippen LogP contribution in [0.4, 0.5) is 5.69 Å². The summed E-state index contributed by atoms with van der Waals surface area (Å²) >= 11 is 11.9. The lowest BCUT2D eigenvalue weighted by molar-refractivity contribution is -0.120. The van der Waals surface area contributed by atoms with Gasteiger partial charge in [-0.15, -0.1) is 0 Å². The zero-order valence-corrected chi connectivity index (χ0v) is 21.3. The van der Waals surface area contributed by atoms with Gasteiger partial charge in [0.15, 0.2) is 0 Å². The summed E-state index contributed by atoms with van der Waals surface area (Å²) in [6.07, 6.45) is 2.92. The first-order chi connectivity index (χ1) is 16.2. The van der Waals surface area contributed by atoms with Crippen LogP contribution in [0.5, 0.6) is 0 Å². The van der Waals surface area contributed by atoms with E-state index in [4.69, 9.17) is 27.9 Å². The van der Waals surface area contributed by atoms with Crippen molar-refractivity contribution in [3.8, 4) is 0 Å². The van der Waals surface area contributed by atoms with E-state index < -0.39 is 21.9 Å². The van der Waals surface area contributed by atoms with Crippen LogP contribution in [0.25, 0.3) is 0 Å². The van der Waals surface area contributed by atoms with Gasteiger partial charge < -0.3 is 10.1 Å². The number of benzene rings is 2. The van der Waals surface area contributed by atoms with Crippen LogP contribution in [-0.2, 0) is 25.3 Å². The van der Waals surface area contributed by atoms with E-state index in [0.717, 1.165) is 12.8 Å². The second-order valence-corrected chi connectivity index (χ2v) is 11.0. The summed E-state index contributed by atoms with van der Waals surface area (Å²) in [6, 6.07) is 11.2. The van der Waals surface area contributed by atoms with E-state index in [1.54, 1.807) is 42.5 Å². The Bertz CT molecular complexity index is 1120. The molecular weight excluding hydrogens is 499 g/mol. The fraction of sp³-hybridized carbons (Fsp3) is 0.417. The van der Waals surface area contributed by atoms with Crippen LogP contribution in [0, 0.1) is 5.92 Å². The number of hydrogen-bond donors (Lipinski definition) is 1. The molecule has 0 saturated carbocycles. The summed E-state index contributed by atoms with van der Waals surface area (Å²) < 4.78 is 32.4. The molecule has 1 saturated heterocycles. The first-order valence-corrected chi connectivity index (χ1v) is 13.6. The standard InChI is InChI=1S/C24H28Cl2N2O5S/c1-2-3-13-33-24(30)18-7-9-20(10-8-18)27-23(29)19-5-4-12-28(15-19)34(31,32)16-17-6-11-21(25)22(26)14-17/h6-11,14,19H,2-5,12-13,15-16H2,1H3,(H,27,29). The van der Waals surface area contributed by atoms with E-state index in [1.807, 2.05) is 6.92 Å². The van der Waals surface area contributed by atoms with E-state index in [0.29, 0.717) is 52.9 Å². The number of carbonyl (C=O) groups is 2. The van der Waals surface area contributed by atoms with Crippen molar-refractivity contribution < 1.29 is 22.7 Å². The van der Waals surface area contributed by atoms with E-state index in [9.17, 15) is 18.0 Å². The maximum Gasteiger partial charge on any atom is 0.338 e. The molecule has 0 aliphatic carbocycles. The summed E-state index contributed by atoms with van der Waals surface area (Å²) in [5, 5.41) is 3.48. The van der Waals surface area contributed by atoms with Crippen molar-refractivity contribution >= 4 is 50.8 Å². The first kappa shape index (κ1) is 26.5. The fourth-order valence-corrected chi connectivity index (χ4v) is 5.59. The normalized spacial score (nSPS) is 16.7. The lowest BCUT2D eigenvalue weighted by Crippen LogP contribution is -2.44. The topological polar surface area (TPSA) is 92.8 Å². The molecule has 1 atom stereocenters. The number of hydrogen-bond acceptors (Lipinski definition) is 5. The molecule has 2 aromatic rings. The molecule has 1 aliphatic heterocycles. The minimum atomic E-state index is -3.63. The van der Waals surface area contributed by atoms with Crippen LogP contribution in [0.15, 0.2) is 42.5 Å². The number of sulfonamides is 1. The molecular formula is C24H28Cl2N2O5S. The van der Waals surface area contributed by atoms with Gasteiger partial charge in [-0.25, -0.2) is 17.5 Å². The van der Waals surface area contributed by atoms with E-state index in [2.05, 4.69) is 5.32 Å². The van der Waals surface area contributed by atoms with Crippen LogP contribution in [0.2, 0.25) is 10.0 Å². The van der Waals surface area contributed by atoms with Crippen LogP contribution in [0.1, 0.15) is 48.5 Å². The average molecular weight is 527 g/mol. The Morgan fingerprint density at radius 1 is 1.12 bits per heavy atom. The minimum Gasteiger partial charge on any atom is -0.462 e. The Morgan fingerprint density at radius 3 is 2.53 bits per heavy atom. The third-order valence-electron chi connectivity index (χ3n) is 5.60. The van der Waals surface area contributed by atoms with Crippen molar-refractivity contribution in [2.75, 3.05) is 25.0 Å². The van der Waals surface area contributed by atoms with E-state index in [-0.39, 0.29) is 18.2 Å². The second-order valence-electron chi connectivity index (χ2n) is 8.26. The maximum absolute atomic E-state index is 12.9. The molecule has 1 amide bonds. The lowest BCUT2D eigenvalue weighted by Gasteiger charge is -2.31. The number of nitrogens with zero attached hydrogens (tertiary/aromatic N) is 1. The first-order valence-electron chi connectivity index (χ1n) is 11.2. The molecule has 1 unspecified atom stereocenters. The van der Waals surface area contributed by atoms with Crippen LogP contribution < -0.4 is 5.32 Å². The number of carbonyl (C=O) groups excluding carboxylic acids is 2. The van der Waals surface area contributed by atoms with Crippen molar-refractivity contribution in [3.05, 3.63) is 63.6 Å². The summed E-state index contributed by atoms with van der Waals surface area (Å²) in [7, 11) is -3.63. The largest absolute Gasteiger partial charge is 0.462 e. The van der Waals surface area contributed by atoms with Crippen LogP contribution in [0.3, 0.4) is 0 Å². The highest BCUT2D eigenvalue weighted by molar-refractivity contribution is 7.88. The van der Waals surface area contributed by atoms with E-state index in [1.165, 1.54) is 4.31 Å². The van der Waals surface area contributed by atoms with Gasteiger partial charge in [-0.3, -0.25) is 4.79 Å². The number of rotatable bonds is 9. The molecule has 0 bridgehead atoms. The number of nitrogens with one attached hydrogen (secondary N) is 1. The Morgan fingerprint density at radius 2 is 1.85 bits per heavy atom. The SMILES string of the molecule is CCCCOC(=O)c1ccc(NC(=O)C2CCCN(S(=O)(=O)Cc3ccc(Cl)c(Cl)c3)C2)cc1. The Hall–Kier alpha value is -2.13. The fourth-order valence-electron chi connectivity index (χ4n) is 3.67. The van der Waals surface area contributed by atoms with Crippen LogP contribution in [-0.4, -0.2) is 44.3 Å². The number of amides is 1. The molecule has 1 fully saturated rings. The smallest absolute Gasteiger partial charge is 0.338 e. The van der Waals surface area contributed by atoms with Gasteiger partial charge in [0.25, 0.3) is 0 Å². The number of anilines is 1. The summed E-state index contributed by atoms with van der Waals surface area (Å²) in [5.41, 5.74) is 1.48. The monoisotopic (exact) mass is 526 g/mol. The number of ether oxygens (including phenoxy) is 1. The second kappa shape index (κ2) is 12.0. The molecule has 1 aliphatic rings. The lowest BCUT2D eigenvalue weighted by atomic mass is 9.98. The van der Waals surface area contributed by atoms with Gasteiger partial charge in [-0.2, -0.15) is 0 Å². The van der Waals surface area contributed by atoms with E-state index >= 15 is 0 Å². The van der Waals surface area contributed by atoms with Crippen molar-refractivity contribution in [3.63, 3.8) is 0 Å². The third kappa shape index (κ3) is 7.18. The molecule has 1 N–H and O–H groups in total. The zero-order chi connectivity index (χ0) is 24.7. The van der Waals surface area contributed by atoms with Crippen LogP contribution >= 0.6 is 23.2 Å². The van der Waals surface area contributed by atoms with Gasteiger partial charge in [-0.05, 0) is 61.2 Å². The van der Waals surface area contributed by atoms with Crippen molar-refractivity contribution in [2.45, 2.75) is 38.4 Å². The van der Waals surface area contributed by atoms with Crippen molar-refractivity contribution in [2.24, 2.45) is 5.92 Å². The number of halogens is 2. The molecule has 1 heterocycles. The number of esters is 1. The van der Waals surface area contributed by atoms with Gasteiger partial charge in [0, 0.05) is 18.8 Å². The molecule has 10 heteroatoms.